The number of aromatic nitrogens is 1. The van der Waals surface area contributed by atoms with Gasteiger partial charge in [0.05, 0.1) is 22.7 Å². The van der Waals surface area contributed by atoms with E-state index in [1.165, 1.54) is 29.5 Å². The van der Waals surface area contributed by atoms with Gasteiger partial charge in [-0.3, -0.25) is 4.79 Å². The van der Waals surface area contributed by atoms with Crippen molar-refractivity contribution < 1.29 is 9.18 Å². The highest BCUT2D eigenvalue weighted by atomic mass is 35.5. The van der Waals surface area contributed by atoms with Crippen LogP contribution in [0, 0.1) is 5.82 Å². The van der Waals surface area contributed by atoms with Gasteiger partial charge in [0.25, 0.3) is 0 Å². The van der Waals surface area contributed by atoms with Crippen molar-refractivity contribution in [2.24, 2.45) is 0 Å². The Bertz CT molecular complexity index is 802. The summed E-state index contributed by atoms with van der Waals surface area (Å²) in [5, 5.41) is 7.57. The maximum absolute atomic E-state index is 13.6. The lowest BCUT2D eigenvalue weighted by molar-refractivity contribution is -0.115. The number of nitrogens with one attached hydrogen (secondary N) is 1. The van der Waals surface area contributed by atoms with Gasteiger partial charge in [-0.1, -0.05) is 17.7 Å². The predicted octanol–water partition coefficient (Wildman–Crippen LogP) is 4.85. The van der Waals surface area contributed by atoms with E-state index in [1.54, 1.807) is 11.3 Å². The summed E-state index contributed by atoms with van der Waals surface area (Å²) in [5.74, 6) is -0.848. The van der Waals surface area contributed by atoms with Crippen molar-refractivity contribution in [3.8, 4) is 9.88 Å². The monoisotopic (exact) mass is 352 g/mol. The first-order chi connectivity index (χ1) is 10.6. The first kappa shape index (κ1) is 15.1. The van der Waals surface area contributed by atoms with Crippen molar-refractivity contribution in [2.45, 2.75) is 6.42 Å². The summed E-state index contributed by atoms with van der Waals surface area (Å²) in [6.45, 7) is 0. The smallest absolute Gasteiger partial charge is 0.230 e. The van der Waals surface area contributed by atoms with Gasteiger partial charge in [0, 0.05) is 10.4 Å². The maximum Gasteiger partial charge on any atom is 0.230 e. The molecule has 0 radical (unpaired) electrons. The first-order valence-corrected chi connectivity index (χ1v) is 8.49. The maximum atomic E-state index is 13.6. The van der Waals surface area contributed by atoms with Crippen LogP contribution in [0.4, 0.5) is 10.1 Å². The predicted molar refractivity (Wildman–Crippen MR) is 89.2 cm³/mol. The zero-order valence-electron chi connectivity index (χ0n) is 11.2. The molecule has 2 aromatic heterocycles. The molecule has 2 heterocycles. The Labute approximate surface area is 139 Å². The van der Waals surface area contributed by atoms with E-state index in [0.29, 0.717) is 10.7 Å². The summed E-state index contributed by atoms with van der Waals surface area (Å²) < 4.78 is 13.6. The van der Waals surface area contributed by atoms with Crippen LogP contribution in [0.5, 0.6) is 0 Å². The van der Waals surface area contributed by atoms with E-state index < -0.39 is 5.82 Å². The Hall–Kier alpha value is -1.76. The Balaban J connectivity index is 1.68. The Morgan fingerprint density at radius 2 is 2.18 bits per heavy atom. The minimum absolute atomic E-state index is 0.0752. The average Bonchev–Trinajstić information content (AvgIpc) is 3.13. The highest BCUT2D eigenvalue weighted by Crippen LogP contribution is 2.28. The minimum atomic E-state index is -0.518. The van der Waals surface area contributed by atoms with Crippen molar-refractivity contribution in [2.75, 3.05) is 5.32 Å². The fourth-order valence-electron chi connectivity index (χ4n) is 1.85. The Morgan fingerprint density at radius 1 is 1.32 bits per heavy atom. The van der Waals surface area contributed by atoms with Crippen LogP contribution in [-0.4, -0.2) is 10.9 Å². The molecular formula is C15H10ClFN2OS2. The van der Waals surface area contributed by atoms with E-state index in [0.717, 1.165) is 9.88 Å². The summed E-state index contributed by atoms with van der Waals surface area (Å²) >= 11 is 8.88. The molecule has 3 nitrogen and oxygen atoms in total. The number of rotatable bonds is 4. The minimum Gasteiger partial charge on any atom is -0.323 e. The molecule has 112 valence electrons. The van der Waals surface area contributed by atoms with Crippen LogP contribution >= 0.6 is 34.3 Å². The molecule has 7 heteroatoms. The average molecular weight is 353 g/mol. The number of carbonyl (C=O) groups excluding carboxylic acids is 1. The second-order valence-corrected chi connectivity index (χ2v) is 6.71. The molecular weight excluding hydrogens is 343 g/mol. The quantitative estimate of drug-likeness (QED) is 0.729. The molecule has 22 heavy (non-hydrogen) atoms. The fourth-order valence-corrected chi connectivity index (χ4v) is 3.66. The standard InChI is InChI=1S/C15H10ClFN2OS2/c16-9-3-4-11(17)12(6-9)19-14(20)7-10-8-22-15(18-10)13-2-1-5-21-13/h1-6,8H,7H2,(H,19,20). The number of nitrogens with zero attached hydrogens (tertiary/aromatic N) is 1. The zero-order chi connectivity index (χ0) is 15.5. The normalized spacial score (nSPS) is 10.6. The van der Waals surface area contributed by atoms with Crippen LogP contribution in [-0.2, 0) is 11.2 Å². The summed E-state index contributed by atoms with van der Waals surface area (Å²) in [5.41, 5.74) is 0.736. The molecule has 1 amide bonds. The van der Waals surface area contributed by atoms with Crippen molar-refractivity contribution in [3.63, 3.8) is 0 Å². The van der Waals surface area contributed by atoms with E-state index in [2.05, 4.69) is 10.3 Å². The third kappa shape index (κ3) is 3.52. The van der Waals surface area contributed by atoms with Gasteiger partial charge in [0.15, 0.2) is 0 Å². The molecule has 0 spiro atoms. The molecule has 0 bridgehead atoms. The fraction of sp³-hybridized carbons (Fsp3) is 0.0667. The highest BCUT2D eigenvalue weighted by molar-refractivity contribution is 7.20. The number of halogens is 2. The molecule has 0 unspecified atom stereocenters. The van der Waals surface area contributed by atoms with Gasteiger partial charge in [-0.25, -0.2) is 9.37 Å². The molecule has 3 aromatic rings. The van der Waals surface area contributed by atoms with Crippen LogP contribution in [0.3, 0.4) is 0 Å². The number of hydrogen-bond acceptors (Lipinski definition) is 4. The Kier molecular flexibility index (Phi) is 4.52. The van der Waals surface area contributed by atoms with Crippen molar-refractivity contribution >= 4 is 45.9 Å². The van der Waals surface area contributed by atoms with Gasteiger partial charge >= 0.3 is 0 Å². The van der Waals surface area contributed by atoms with Gasteiger partial charge in [-0.05, 0) is 29.6 Å². The van der Waals surface area contributed by atoms with Gasteiger partial charge in [0.2, 0.25) is 5.91 Å². The van der Waals surface area contributed by atoms with E-state index in [-0.39, 0.29) is 18.0 Å². The molecule has 0 atom stereocenters. The molecule has 0 aliphatic heterocycles. The van der Waals surface area contributed by atoms with E-state index >= 15 is 0 Å². The number of hydrogen-bond donors (Lipinski definition) is 1. The topological polar surface area (TPSA) is 42.0 Å². The van der Waals surface area contributed by atoms with Gasteiger partial charge < -0.3 is 5.32 Å². The van der Waals surface area contributed by atoms with E-state index in [9.17, 15) is 9.18 Å². The largest absolute Gasteiger partial charge is 0.323 e. The van der Waals surface area contributed by atoms with Crippen molar-refractivity contribution in [1.82, 2.24) is 4.98 Å². The zero-order valence-corrected chi connectivity index (χ0v) is 13.6. The molecule has 0 saturated heterocycles. The highest BCUT2D eigenvalue weighted by Gasteiger charge is 2.12. The SMILES string of the molecule is O=C(Cc1csc(-c2cccs2)n1)Nc1cc(Cl)ccc1F. The number of thiophene rings is 1. The number of amides is 1. The Morgan fingerprint density at radius 3 is 2.95 bits per heavy atom. The third-order valence-corrected chi connectivity index (χ3v) is 4.99. The van der Waals surface area contributed by atoms with Gasteiger partial charge in [-0.2, -0.15) is 0 Å². The lowest BCUT2D eigenvalue weighted by Gasteiger charge is -2.05. The number of carbonyl (C=O) groups is 1. The summed E-state index contributed by atoms with van der Waals surface area (Å²) in [7, 11) is 0. The second kappa shape index (κ2) is 6.56. The van der Waals surface area contributed by atoms with E-state index in [4.69, 9.17) is 11.6 Å². The lowest BCUT2D eigenvalue weighted by Crippen LogP contribution is -2.15. The molecule has 0 aliphatic rings. The second-order valence-electron chi connectivity index (χ2n) is 4.47. The number of thiazole rings is 1. The molecule has 0 fully saturated rings. The van der Waals surface area contributed by atoms with Crippen LogP contribution in [0.15, 0.2) is 41.1 Å². The van der Waals surface area contributed by atoms with Crippen LogP contribution < -0.4 is 5.32 Å². The third-order valence-electron chi connectivity index (χ3n) is 2.83. The summed E-state index contributed by atoms with van der Waals surface area (Å²) in [6, 6.07) is 7.97. The van der Waals surface area contributed by atoms with Crippen LogP contribution in [0.25, 0.3) is 9.88 Å². The molecule has 0 saturated carbocycles. The van der Waals surface area contributed by atoms with Crippen LogP contribution in [0.2, 0.25) is 5.02 Å². The molecule has 0 aliphatic carbocycles. The molecule has 3 rings (SSSR count). The summed E-state index contributed by atoms with van der Waals surface area (Å²) in [4.78, 5) is 17.5. The van der Waals surface area contributed by atoms with Gasteiger partial charge in [0.1, 0.15) is 10.8 Å². The number of anilines is 1. The summed E-state index contributed by atoms with van der Waals surface area (Å²) in [6.07, 6.45) is 0.0911. The molecule has 1 aromatic carbocycles. The van der Waals surface area contributed by atoms with Crippen molar-refractivity contribution in [3.05, 3.63) is 57.6 Å². The number of benzene rings is 1. The first-order valence-electron chi connectivity index (χ1n) is 6.35. The lowest BCUT2D eigenvalue weighted by atomic mass is 10.2. The van der Waals surface area contributed by atoms with Gasteiger partial charge in [-0.15, -0.1) is 22.7 Å². The van der Waals surface area contributed by atoms with Crippen molar-refractivity contribution in [1.29, 1.82) is 0 Å². The van der Waals surface area contributed by atoms with Crippen LogP contribution in [0.1, 0.15) is 5.69 Å². The molecule has 1 N–H and O–H groups in total. The van der Waals surface area contributed by atoms with E-state index in [1.807, 2.05) is 22.9 Å².